The third-order valence-electron chi connectivity index (χ3n) is 4.00. The fourth-order valence-electron chi connectivity index (χ4n) is 2.75. The van der Waals surface area contributed by atoms with Crippen LogP contribution in [0.5, 0.6) is 5.75 Å². The Hall–Kier alpha value is -1.77. The van der Waals surface area contributed by atoms with E-state index in [0.717, 1.165) is 24.0 Å². The molecule has 0 atom stereocenters. The molecule has 3 heteroatoms. The molecule has 0 radical (unpaired) electrons. The highest BCUT2D eigenvalue weighted by atomic mass is 16.5. The molecule has 0 bridgehead atoms. The van der Waals surface area contributed by atoms with Crippen LogP contribution >= 0.6 is 0 Å². The van der Waals surface area contributed by atoms with Crippen LogP contribution in [0, 0.1) is 5.21 Å². The van der Waals surface area contributed by atoms with Crippen molar-refractivity contribution in [2.24, 2.45) is 0 Å². The van der Waals surface area contributed by atoms with Gasteiger partial charge in [0.25, 0.3) is 0 Å². The first-order chi connectivity index (χ1) is 10.2. The molecule has 0 amide bonds. The molecule has 1 heterocycles. The summed E-state index contributed by atoms with van der Waals surface area (Å²) < 4.78 is 0.964. The molecular formula is C18H25NO2. The van der Waals surface area contributed by atoms with Crippen LogP contribution in [-0.2, 0) is 6.42 Å². The molecule has 0 saturated heterocycles. The molecule has 0 aliphatic carbocycles. The minimum absolute atomic E-state index is 0.204. The van der Waals surface area contributed by atoms with E-state index in [1.807, 2.05) is 12.1 Å². The van der Waals surface area contributed by atoms with Gasteiger partial charge in [0, 0.05) is 18.6 Å². The van der Waals surface area contributed by atoms with Crippen LogP contribution < -0.4 is 4.73 Å². The molecule has 1 aromatic heterocycles. The highest BCUT2D eigenvalue weighted by Gasteiger charge is 2.14. The summed E-state index contributed by atoms with van der Waals surface area (Å²) in [6.45, 7) is 2.22. The molecule has 114 valence electrons. The third kappa shape index (κ3) is 4.10. The van der Waals surface area contributed by atoms with Crippen molar-refractivity contribution in [1.82, 2.24) is 0 Å². The Bertz CT molecular complexity index is 581. The average Bonchev–Trinajstić information content (AvgIpc) is 2.51. The number of para-hydroxylation sites is 1. The van der Waals surface area contributed by atoms with Crippen LogP contribution in [-0.4, -0.2) is 5.11 Å². The van der Waals surface area contributed by atoms with Crippen molar-refractivity contribution in [3.05, 3.63) is 41.2 Å². The zero-order chi connectivity index (χ0) is 15.1. The topological polar surface area (TPSA) is 47.2 Å². The smallest absolute Gasteiger partial charge is 0.227 e. The third-order valence-corrected chi connectivity index (χ3v) is 4.00. The van der Waals surface area contributed by atoms with Crippen molar-refractivity contribution >= 4 is 10.9 Å². The first-order valence-electron chi connectivity index (χ1n) is 8.07. The van der Waals surface area contributed by atoms with Gasteiger partial charge in [-0.15, -0.1) is 0 Å². The van der Waals surface area contributed by atoms with Gasteiger partial charge < -0.3 is 10.3 Å². The minimum Gasteiger partial charge on any atom is -0.618 e. The number of unbranched alkanes of at least 4 members (excludes halogenated alkanes) is 6. The van der Waals surface area contributed by atoms with E-state index in [9.17, 15) is 10.3 Å². The van der Waals surface area contributed by atoms with Crippen LogP contribution in [0.3, 0.4) is 0 Å². The Kier molecular flexibility index (Phi) is 5.85. The molecule has 2 rings (SSSR count). The van der Waals surface area contributed by atoms with Crippen molar-refractivity contribution in [2.75, 3.05) is 0 Å². The number of rotatable bonds is 8. The summed E-state index contributed by atoms with van der Waals surface area (Å²) in [7, 11) is 0. The Morgan fingerprint density at radius 2 is 1.67 bits per heavy atom. The lowest BCUT2D eigenvalue weighted by Crippen LogP contribution is -2.32. The van der Waals surface area contributed by atoms with E-state index >= 15 is 0 Å². The summed E-state index contributed by atoms with van der Waals surface area (Å²) in [6.07, 6.45) is 9.31. The van der Waals surface area contributed by atoms with Crippen LogP contribution in [0.1, 0.15) is 57.6 Å². The number of hydrogen-bond donors (Lipinski definition) is 1. The maximum atomic E-state index is 12.3. The van der Waals surface area contributed by atoms with Gasteiger partial charge in [-0.2, -0.15) is 4.73 Å². The van der Waals surface area contributed by atoms with Gasteiger partial charge >= 0.3 is 0 Å². The fraction of sp³-hybridized carbons (Fsp3) is 0.500. The van der Waals surface area contributed by atoms with Gasteiger partial charge in [-0.25, -0.2) is 0 Å². The molecule has 21 heavy (non-hydrogen) atoms. The lowest BCUT2D eigenvalue weighted by molar-refractivity contribution is -0.586. The maximum absolute atomic E-state index is 12.3. The molecule has 0 saturated carbocycles. The highest BCUT2D eigenvalue weighted by Crippen LogP contribution is 2.23. The Balaban J connectivity index is 1.92. The second-order valence-electron chi connectivity index (χ2n) is 5.70. The van der Waals surface area contributed by atoms with E-state index in [0.29, 0.717) is 16.6 Å². The van der Waals surface area contributed by atoms with Crippen LogP contribution in [0.25, 0.3) is 10.9 Å². The van der Waals surface area contributed by atoms with Gasteiger partial charge in [-0.1, -0.05) is 57.6 Å². The first kappa shape index (κ1) is 15.6. The van der Waals surface area contributed by atoms with Crippen molar-refractivity contribution in [2.45, 2.75) is 58.3 Å². The number of pyridine rings is 1. The average molecular weight is 287 g/mol. The Morgan fingerprint density at radius 1 is 1.00 bits per heavy atom. The summed E-state index contributed by atoms with van der Waals surface area (Å²) in [5.41, 5.74) is 1.22. The zero-order valence-corrected chi connectivity index (χ0v) is 12.8. The molecule has 1 N–H and O–H groups in total. The number of aryl methyl sites for hydroxylation is 1. The molecule has 0 fully saturated rings. The summed E-state index contributed by atoms with van der Waals surface area (Å²) in [4.78, 5) is 0. The molecule has 0 aliphatic heterocycles. The fourth-order valence-corrected chi connectivity index (χ4v) is 2.75. The number of hydrogen-bond acceptors (Lipinski definition) is 2. The van der Waals surface area contributed by atoms with Gasteiger partial charge in [0.1, 0.15) is 5.75 Å². The summed E-state index contributed by atoms with van der Waals surface area (Å²) >= 11 is 0. The van der Waals surface area contributed by atoms with Gasteiger partial charge in [-0.05, 0) is 12.5 Å². The lowest BCUT2D eigenvalue weighted by atomic mass is 10.1. The highest BCUT2D eigenvalue weighted by molar-refractivity contribution is 5.82. The summed E-state index contributed by atoms with van der Waals surface area (Å²) in [5.74, 6) is 0.204. The van der Waals surface area contributed by atoms with Crippen LogP contribution in [0.4, 0.5) is 0 Å². The number of benzene rings is 1. The van der Waals surface area contributed by atoms with Gasteiger partial charge in [0.2, 0.25) is 5.52 Å². The number of nitrogens with zero attached hydrogens (tertiary/aromatic N) is 1. The second kappa shape index (κ2) is 7.87. The number of aromatic nitrogens is 1. The first-order valence-corrected chi connectivity index (χ1v) is 8.07. The normalized spacial score (nSPS) is 11.1. The van der Waals surface area contributed by atoms with Gasteiger partial charge in [0.15, 0.2) is 5.69 Å². The van der Waals surface area contributed by atoms with Crippen molar-refractivity contribution in [3.63, 3.8) is 0 Å². The van der Waals surface area contributed by atoms with Crippen LogP contribution in [0.2, 0.25) is 0 Å². The maximum Gasteiger partial charge on any atom is 0.227 e. The molecule has 0 aliphatic rings. The Morgan fingerprint density at radius 3 is 2.43 bits per heavy atom. The van der Waals surface area contributed by atoms with Gasteiger partial charge in [0.05, 0.1) is 5.39 Å². The van der Waals surface area contributed by atoms with E-state index in [1.54, 1.807) is 18.2 Å². The molecule has 0 spiro atoms. The van der Waals surface area contributed by atoms with E-state index in [2.05, 4.69) is 6.92 Å². The minimum atomic E-state index is 0.204. The number of fused-ring (bicyclic) bond motifs is 1. The van der Waals surface area contributed by atoms with E-state index < -0.39 is 0 Å². The lowest BCUT2D eigenvalue weighted by Gasteiger charge is -2.09. The molecular weight excluding hydrogens is 262 g/mol. The Labute approximate surface area is 126 Å². The predicted molar refractivity (Wildman–Crippen MR) is 86.3 cm³/mol. The van der Waals surface area contributed by atoms with Gasteiger partial charge in [-0.3, -0.25) is 0 Å². The van der Waals surface area contributed by atoms with E-state index in [-0.39, 0.29) is 5.75 Å². The quantitative estimate of drug-likeness (QED) is 0.442. The largest absolute Gasteiger partial charge is 0.618 e. The standard InChI is InChI=1S/C18H25NO2/c1-2-3-4-5-6-7-8-11-15-14-18(20)16-12-9-10-13-17(16)19(15)21/h9-10,12-14,20H,2-8,11H2,1H3. The molecule has 0 unspecified atom stereocenters. The zero-order valence-electron chi connectivity index (χ0n) is 12.8. The van der Waals surface area contributed by atoms with Crippen molar-refractivity contribution in [1.29, 1.82) is 0 Å². The summed E-state index contributed by atoms with van der Waals surface area (Å²) in [6, 6.07) is 8.81. The van der Waals surface area contributed by atoms with Crippen molar-refractivity contribution < 1.29 is 9.84 Å². The number of aromatic hydroxyl groups is 1. The SMILES string of the molecule is CCCCCCCCCc1cc(O)c2ccccc2[n+]1[O-]. The van der Waals surface area contributed by atoms with E-state index in [1.165, 1.54) is 32.1 Å². The molecule has 3 nitrogen and oxygen atoms in total. The van der Waals surface area contributed by atoms with Crippen LogP contribution in [0.15, 0.2) is 30.3 Å². The summed E-state index contributed by atoms with van der Waals surface area (Å²) in [5, 5.41) is 22.9. The molecule has 1 aromatic carbocycles. The predicted octanol–water partition coefficient (Wildman–Crippen LogP) is 4.47. The second-order valence-corrected chi connectivity index (χ2v) is 5.70. The van der Waals surface area contributed by atoms with E-state index in [4.69, 9.17) is 0 Å². The monoisotopic (exact) mass is 287 g/mol. The molecule has 2 aromatic rings. The van der Waals surface area contributed by atoms with Crippen molar-refractivity contribution in [3.8, 4) is 5.75 Å².